The zero-order valence-corrected chi connectivity index (χ0v) is 10.4. The molecule has 0 radical (unpaired) electrons. The number of carbonyl (C=O) groups is 1. The summed E-state index contributed by atoms with van der Waals surface area (Å²) in [6, 6.07) is 3.76. The smallest absolute Gasteiger partial charge is 0.280 e. The number of nitro benzene ring substituents is 1. The van der Waals surface area contributed by atoms with Crippen molar-refractivity contribution in [3.8, 4) is 0 Å². The van der Waals surface area contributed by atoms with Crippen LogP contribution >= 0.6 is 0 Å². The highest BCUT2D eigenvalue weighted by atomic mass is 16.6. The van der Waals surface area contributed by atoms with Crippen LogP contribution in [0, 0.1) is 10.1 Å². The summed E-state index contributed by atoms with van der Waals surface area (Å²) in [5.41, 5.74) is -0.237. The Kier molecular flexibility index (Phi) is 5.56. The number of aliphatic hydroxyl groups is 2. The van der Waals surface area contributed by atoms with Crippen molar-refractivity contribution in [3.63, 3.8) is 0 Å². The lowest BCUT2D eigenvalue weighted by Crippen LogP contribution is -2.23. The van der Waals surface area contributed by atoms with Crippen molar-refractivity contribution in [3.05, 3.63) is 39.4 Å². The van der Waals surface area contributed by atoms with E-state index < -0.39 is 17.1 Å². The first kappa shape index (κ1) is 15.2. The number of hydrogen-bond donors (Lipinski definition) is 3. The summed E-state index contributed by atoms with van der Waals surface area (Å²) in [6.45, 7) is 0.507. The van der Waals surface area contributed by atoms with Gasteiger partial charge in [-0.25, -0.2) is 0 Å². The van der Waals surface area contributed by atoms with Crippen LogP contribution in [0.25, 0.3) is 0 Å². The minimum Gasteiger partial charge on any atom is -0.390 e. The first-order valence-corrected chi connectivity index (χ1v) is 5.75. The molecule has 19 heavy (non-hydrogen) atoms. The molecule has 2 unspecified atom stereocenters. The molecule has 1 aromatic carbocycles. The van der Waals surface area contributed by atoms with Gasteiger partial charge in [-0.2, -0.15) is 0 Å². The average Bonchev–Trinajstić information content (AvgIpc) is 2.42. The Morgan fingerprint density at radius 2 is 2.16 bits per heavy atom. The maximum atomic E-state index is 10.8. The Hall–Kier alpha value is -1.83. The fourth-order valence-corrected chi connectivity index (χ4v) is 1.67. The van der Waals surface area contributed by atoms with E-state index >= 15 is 0 Å². The number of aliphatic hydroxyl groups excluding tert-OH is 2. The zero-order valence-electron chi connectivity index (χ0n) is 10.4. The molecule has 0 saturated carbocycles. The molecule has 0 bridgehead atoms. The molecule has 0 aromatic heterocycles. The zero-order chi connectivity index (χ0) is 14.4. The summed E-state index contributed by atoms with van der Waals surface area (Å²) >= 11 is 0. The molecule has 0 heterocycles. The van der Waals surface area contributed by atoms with Crippen molar-refractivity contribution >= 4 is 12.0 Å². The van der Waals surface area contributed by atoms with E-state index in [1.807, 2.05) is 0 Å². The lowest BCUT2D eigenvalue weighted by Gasteiger charge is -2.18. The van der Waals surface area contributed by atoms with Crippen molar-refractivity contribution in [1.82, 2.24) is 5.32 Å². The highest BCUT2D eigenvalue weighted by molar-refractivity contribution is 5.81. The highest BCUT2D eigenvalue weighted by Crippen LogP contribution is 2.25. The monoisotopic (exact) mass is 268 g/mol. The maximum absolute atomic E-state index is 10.8. The van der Waals surface area contributed by atoms with Gasteiger partial charge in [0, 0.05) is 6.07 Å². The second-order valence-corrected chi connectivity index (χ2v) is 4.10. The maximum Gasteiger partial charge on any atom is 0.280 e. The summed E-state index contributed by atoms with van der Waals surface area (Å²) in [6.07, 6.45) is -1.58. The van der Waals surface area contributed by atoms with E-state index in [2.05, 4.69) is 5.32 Å². The molecule has 2 atom stereocenters. The van der Waals surface area contributed by atoms with Gasteiger partial charge >= 0.3 is 0 Å². The Morgan fingerprint density at radius 3 is 2.68 bits per heavy atom. The summed E-state index contributed by atoms with van der Waals surface area (Å²) in [7, 11) is 1.71. The van der Waals surface area contributed by atoms with Crippen LogP contribution in [0.3, 0.4) is 0 Å². The number of carbonyl (C=O) groups excluding carboxylic acids is 1. The molecule has 0 saturated heterocycles. The van der Waals surface area contributed by atoms with Gasteiger partial charge in [0.2, 0.25) is 0 Å². The van der Waals surface area contributed by atoms with Crippen LogP contribution in [0.2, 0.25) is 0 Å². The lowest BCUT2D eigenvalue weighted by atomic mass is 10.00. The predicted octanol–water partition coefficient (Wildman–Crippen LogP) is 0.411. The molecule has 104 valence electrons. The average molecular weight is 268 g/mol. The van der Waals surface area contributed by atoms with E-state index in [9.17, 15) is 25.1 Å². The molecule has 0 amide bonds. The third-order valence-electron chi connectivity index (χ3n) is 2.77. The molecule has 3 N–H and O–H groups in total. The van der Waals surface area contributed by atoms with Gasteiger partial charge in [-0.15, -0.1) is 0 Å². The summed E-state index contributed by atoms with van der Waals surface area (Å²) in [5.74, 6) is 0. The van der Waals surface area contributed by atoms with E-state index in [4.69, 9.17) is 0 Å². The first-order valence-electron chi connectivity index (χ1n) is 5.75. The first-order chi connectivity index (χ1) is 9.01. The number of rotatable bonds is 7. The summed E-state index contributed by atoms with van der Waals surface area (Å²) in [4.78, 5) is 20.8. The molecule has 7 nitrogen and oxygen atoms in total. The van der Waals surface area contributed by atoms with Gasteiger partial charge in [0.05, 0.1) is 16.6 Å². The minimum absolute atomic E-state index is 0.0642. The number of hydrogen-bond acceptors (Lipinski definition) is 6. The minimum atomic E-state index is -1.23. The normalized spacial score (nSPS) is 13.8. The second kappa shape index (κ2) is 6.93. The number of benzene rings is 1. The number of nitro groups is 1. The molecule has 0 spiro atoms. The third kappa shape index (κ3) is 3.82. The van der Waals surface area contributed by atoms with Crippen LogP contribution in [0.1, 0.15) is 28.4 Å². The van der Waals surface area contributed by atoms with Gasteiger partial charge < -0.3 is 15.5 Å². The third-order valence-corrected chi connectivity index (χ3v) is 2.77. The molecule has 0 aliphatic heterocycles. The van der Waals surface area contributed by atoms with Crippen molar-refractivity contribution in [2.75, 3.05) is 13.6 Å². The molecule has 1 rings (SSSR count). The van der Waals surface area contributed by atoms with Crippen molar-refractivity contribution in [1.29, 1.82) is 0 Å². The Balaban J connectivity index is 2.97. The lowest BCUT2D eigenvalue weighted by molar-refractivity contribution is -0.385. The molecule has 0 aliphatic rings. The van der Waals surface area contributed by atoms with Crippen LogP contribution in [0.4, 0.5) is 5.69 Å². The van der Waals surface area contributed by atoms with Gasteiger partial charge in [0.25, 0.3) is 5.69 Å². The molecule has 0 aliphatic carbocycles. The molecule has 0 fully saturated rings. The van der Waals surface area contributed by atoms with Crippen LogP contribution in [-0.4, -0.2) is 41.1 Å². The summed E-state index contributed by atoms with van der Waals surface area (Å²) < 4.78 is 0. The van der Waals surface area contributed by atoms with Crippen molar-refractivity contribution in [2.45, 2.75) is 18.6 Å². The molecule has 7 heteroatoms. The van der Waals surface area contributed by atoms with Crippen LogP contribution < -0.4 is 5.32 Å². The van der Waals surface area contributed by atoms with Crippen LogP contribution in [-0.2, 0) is 0 Å². The SMILES string of the molecule is CNCCC(O)C(O)c1ccc(C=O)c([N+](=O)[O-])c1. The van der Waals surface area contributed by atoms with Gasteiger partial charge in [0.15, 0.2) is 6.29 Å². The number of nitrogens with one attached hydrogen (secondary N) is 1. The van der Waals surface area contributed by atoms with Crippen LogP contribution in [0.5, 0.6) is 0 Å². The molecular weight excluding hydrogens is 252 g/mol. The Bertz CT molecular complexity index is 463. The van der Waals surface area contributed by atoms with Crippen molar-refractivity contribution < 1.29 is 19.9 Å². The fraction of sp³-hybridized carbons (Fsp3) is 0.417. The Labute approximate surface area is 110 Å². The fourth-order valence-electron chi connectivity index (χ4n) is 1.67. The van der Waals surface area contributed by atoms with E-state index in [1.54, 1.807) is 7.05 Å². The van der Waals surface area contributed by atoms with E-state index in [0.717, 1.165) is 6.07 Å². The Morgan fingerprint density at radius 1 is 1.47 bits per heavy atom. The van der Waals surface area contributed by atoms with E-state index in [-0.39, 0.29) is 16.8 Å². The highest BCUT2D eigenvalue weighted by Gasteiger charge is 2.22. The van der Waals surface area contributed by atoms with Gasteiger partial charge in [0.1, 0.15) is 6.10 Å². The number of nitrogens with zero attached hydrogens (tertiary/aromatic N) is 1. The largest absolute Gasteiger partial charge is 0.390 e. The summed E-state index contributed by atoms with van der Waals surface area (Å²) in [5, 5.41) is 33.2. The second-order valence-electron chi connectivity index (χ2n) is 4.10. The van der Waals surface area contributed by atoms with E-state index in [0.29, 0.717) is 19.3 Å². The topological polar surface area (TPSA) is 113 Å². The predicted molar refractivity (Wildman–Crippen MR) is 68.0 cm³/mol. The number of aldehydes is 1. The van der Waals surface area contributed by atoms with Crippen LogP contribution in [0.15, 0.2) is 18.2 Å². The standard InChI is InChI=1S/C12H16N2O5/c1-13-5-4-11(16)12(17)8-2-3-9(7-15)10(6-8)14(18)19/h2-3,6-7,11-13,16-17H,4-5H2,1H3. The molecule has 1 aromatic rings. The van der Waals surface area contributed by atoms with Crippen molar-refractivity contribution in [2.24, 2.45) is 0 Å². The van der Waals surface area contributed by atoms with E-state index in [1.165, 1.54) is 12.1 Å². The van der Waals surface area contributed by atoms with Gasteiger partial charge in [-0.05, 0) is 31.6 Å². The molecular formula is C12H16N2O5. The van der Waals surface area contributed by atoms with Gasteiger partial charge in [-0.1, -0.05) is 6.07 Å². The quantitative estimate of drug-likeness (QED) is 0.375. The van der Waals surface area contributed by atoms with Gasteiger partial charge in [-0.3, -0.25) is 14.9 Å².